The highest BCUT2D eigenvalue weighted by atomic mass is 16.3. The number of aliphatic hydroxyl groups excluding tert-OH is 1. The molecule has 0 aromatic carbocycles. The molecule has 0 amide bonds. The lowest BCUT2D eigenvalue weighted by atomic mass is 9.99. The van der Waals surface area contributed by atoms with Crippen LogP contribution < -0.4 is 5.32 Å². The van der Waals surface area contributed by atoms with E-state index in [-0.39, 0.29) is 12.6 Å². The average molecular weight is 241 g/mol. The van der Waals surface area contributed by atoms with E-state index in [1.807, 2.05) is 7.05 Å². The molecule has 2 fully saturated rings. The molecule has 0 aliphatic carbocycles. The molecule has 0 saturated carbocycles. The Balaban J connectivity index is 1.72. The van der Waals surface area contributed by atoms with Gasteiger partial charge >= 0.3 is 0 Å². The molecule has 2 heterocycles. The van der Waals surface area contributed by atoms with Crippen LogP contribution in [0.1, 0.15) is 25.7 Å². The molecule has 2 aliphatic rings. The molecule has 0 spiro atoms. The van der Waals surface area contributed by atoms with Crippen molar-refractivity contribution >= 4 is 0 Å². The van der Waals surface area contributed by atoms with Crippen LogP contribution in [0.5, 0.6) is 0 Å². The van der Waals surface area contributed by atoms with Gasteiger partial charge in [0, 0.05) is 31.7 Å². The topological polar surface area (TPSA) is 38.7 Å². The maximum atomic E-state index is 9.15. The fraction of sp³-hybridized carbons (Fsp3) is 1.00. The van der Waals surface area contributed by atoms with Crippen LogP contribution in [0.4, 0.5) is 0 Å². The molecule has 2 aliphatic heterocycles. The first kappa shape index (κ1) is 13.3. The van der Waals surface area contributed by atoms with Gasteiger partial charge in [-0.3, -0.25) is 4.90 Å². The van der Waals surface area contributed by atoms with Crippen LogP contribution in [0.25, 0.3) is 0 Å². The summed E-state index contributed by atoms with van der Waals surface area (Å²) in [5.74, 6) is 0. The van der Waals surface area contributed by atoms with E-state index in [1.165, 1.54) is 45.4 Å². The Morgan fingerprint density at radius 3 is 2.94 bits per heavy atom. The minimum Gasteiger partial charge on any atom is -0.395 e. The van der Waals surface area contributed by atoms with Crippen molar-refractivity contribution in [2.24, 2.45) is 0 Å². The molecule has 0 radical (unpaired) electrons. The first-order valence-electron chi connectivity index (χ1n) is 7.08. The van der Waals surface area contributed by atoms with Crippen molar-refractivity contribution < 1.29 is 5.11 Å². The number of likely N-dealkylation sites (N-methyl/N-ethyl adjacent to an activating group) is 1. The van der Waals surface area contributed by atoms with Crippen LogP contribution in [-0.2, 0) is 0 Å². The normalized spacial score (nSPS) is 28.9. The van der Waals surface area contributed by atoms with Gasteiger partial charge in [0.05, 0.1) is 6.61 Å². The van der Waals surface area contributed by atoms with E-state index in [1.54, 1.807) is 0 Å². The summed E-state index contributed by atoms with van der Waals surface area (Å²) in [6.07, 6.45) is 5.24. The first-order valence-corrected chi connectivity index (χ1v) is 7.08. The summed E-state index contributed by atoms with van der Waals surface area (Å²) in [7, 11) is 1.93. The van der Waals surface area contributed by atoms with Crippen LogP contribution in [0.3, 0.4) is 0 Å². The SMILES string of the molecule is CNC(CO)CCN1CCN2CCCCC2C1. The molecular formula is C13H27N3O. The van der Waals surface area contributed by atoms with E-state index in [0.717, 1.165) is 19.0 Å². The number of piperidine rings is 1. The summed E-state index contributed by atoms with van der Waals surface area (Å²) in [6, 6.07) is 1.07. The first-order chi connectivity index (χ1) is 8.33. The summed E-state index contributed by atoms with van der Waals surface area (Å²) in [5.41, 5.74) is 0. The maximum absolute atomic E-state index is 9.15. The zero-order valence-electron chi connectivity index (χ0n) is 11.1. The van der Waals surface area contributed by atoms with Gasteiger partial charge in [0.1, 0.15) is 0 Å². The molecule has 0 bridgehead atoms. The molecular weight excluding hydrogens is 214 g/mol. The largest absolute Gasteiger partial charge is 0.395 e. The van der Waals surface area contributed by atoms with Gasteiger partial charge in [-0.15, -0.1) is 0 Å². The molecule has 2 rings (SSSR count). The Morgan fingerprint density at radius 1 is 1.29 bits per heavy atom. The van der Waals surface area contributed by atoms with Crippen molar-refractivity contribution in [1.82, 2.24) is 15.1 Å². The molecule has 4 heteroatoms. The number of aliphatic hydroxyl groups is 1. The minimum absolute atomic E-state index is 0.250. The fourth-order valence-corrected chi connectivity index (χ4v) is 3.09. The zero-order valence-corrected chi connectivity index (χ0v) is 11.1. The quantitative estimate of drug-likeness (QED) is 0.717. The van der Waals surface area contributed by atoms with E-state index in [0.29, 0.717) is 0 Å². The second kappa shape index (κ2) is 6.69. The highest BCUT2D eigenvalue weighted by molar-refractivity contribution is 4.85. The van der Waals surface area contributed by atoms with Gasteiger partial charge in [-0.05, 0) is 39.4 Å². The van der Waals surface area contributed by atoms with E-state index < -0.39 is 0 Å². The van der Waals surface area contributed by atoms with Crippen LogP contribution in [0.2, 0.25) is 0 Å². The average Bonchev–Trinajstić information content (AvgIpc) is 2.40. The number of hydrogen-bond acceptors (Lipinski definition) is 4. The number of fused-ring (bicyclic) bond motifs is 1. The predicted molar refractivity (Wildman–Crippen MR) is 70.2 cm³/mol. The molecule has 100 valence electrons. The van der Waals surface area contributed by atoms with Crippen molar-refractivity contribution in [2.45, 2.75) is 37.8 Å². The number of nitrogens with zero attached hydrogens (tertiary/aromatic N) is 2. The third kappa shape index (κ3) is 3.65. The minimum atomic E-state index is 0.250. The van der Waals surface area contributed by atoms with Crippen LogP contribution in [-0.4, -0.2) is 73.4 Å². The van der Waals surface area contributed by atoms with Crippen LogP contribution in [0, 0.1) is 0 Å². The van der Waals surface area contributed by atoms with E-state index >= 15 is 0 Å². The summed E-state index contributed by atoms with van der Waals surface area (Å²) in [4.78, 5) is 5.24. The van der Waals surface area contributed by atoms with Gasteiger partial charge in [0.25, 0.3) is 0 Å². The second-order valence-electron chi connectivity index (χ2n) is 5.44. The Morgan fingerprint density at radius 2 is 2.18 bits per heavy atom. The van der Waals surface area contributed by atoms with Gasteiger partial charge < -0.3 is 15.3 Å². The summed E-state index contributed by atoms with van der Waals surface area (Å²) in [5, 5.41) is 12.3. The lowest BCUT2D eigenvalue weighted by Gasteiger charge is -2.44. The number of piperazine rings is 1. The molecule has 0 aromatic rings. The maximum Gasteiger partial charge on any atom is 0.0585 e. The van der Waals surface area contributed by atoms with Crippen LogP contribution in [0.15, 0.2) is 0 Å². The molecule has 2 saturated heterocycles. The van der Waals surface area contributed by atoms with Gasteiger partial charge in [-0.25, -0.2) is 0 Å². The third-order valence-corrected chi connectivity index (χ3v) is 4.34. The molecule has 0 aromatic heterocycles. The Bertz CT molecular complexity index is 221. The van der Waals surface area contributed by atoms with Crippen molar-refractivity contribution in [3.8, 4) is 0 Å². The van der Waals surface area contributed by atoms with Crippen molar-refractivity contribution in [3.05, 3.63) is 0 Å². The number of hydrogen-bond donors (Lipinski definition) is 2. The van der Waals surface area contributed by atoms with E-state index in [2.05, 4.69) is 15.1 Å². The summed E-state index contributed by atoms with van der Waals surface area (Å²) >= 11 is 0. The Kier molecular flexibility index (Phi) is 5.22. The molecule has 2 N–H and O–H groups in total. The monoisotopic (exact) mass is 241 g/mol. The van der Waals surface area contributed by atoms with Crippen LogP contribution >= 0.6 is 0 Å². The summed E-state index contributed by atoms with van der Waals surface area (Å²) < 4.78 is 0. The molecule has 2 unspecified atom stereocenters. The molecule has 2 atom stereocenters. The zero-order chi connectivity index (χ0) is 12.1. The number of nitrogens with one attached hydrogen (secondary N) is 1. The van der Waals surface area contributed by atoms with Gasteiger partial charge in [-0.2, -0.15) is 0 Å². The van der Waals surface area contributed by atoms with Crippen molar-refractivity contribution in [3.63, 3.8) is 0 Å². The Labute approximate surface area is 105 Å². The van der Waals surface area contributed by atoms with Gasteiger partial charge in [0.2, 0.25) is 0 Å². The molecule has 17 heavy (non-hydrogen) atoms. The number of rotatable bonds is 5. The van der Waals surface area contributed by atoms with Gasteiger partial charge in [-0.1, -0.05) is 6.42 Å². The standard InChI is InChI=1S/C13H27N3O/c1-14-12(11-17)5-7-15-8-9-16-6-3-2-4-13(16)10-15/h12-14,17H,2-11H2,1H3. The Hall–Kier alpha value is -0.160. The van der Waals surface area contributed by atoms with Gasteiger partial charge in [0.15, 0.2) is 0 Å². The lowest BCUT2D eigenvalue weighted by molar-refractivity contribution is 0.0466. The second-order valence-corrected chi connectivity index (χ2v) is 5.44. The molecule has 4 nitrogen and oxygen atoms in total. The van der Waals surface area contributed by atoms with Crippen molar-refractivity contribution in [1.29, 1.82) is 0 Å². The van der Waals surface area contributed by atoms with Crippen molar-refractivity contribution in [2.75, 3.05) is 46.4 Å². The van der Waals surface area contributed by atoms with E-state index in [9.17, 15) is 0 Å². The van der Waals surface area contributed by atoms with E-state index in [4.69, 9.17) is 5.11 Å². The third-order valence-electron chi connectivity index (χ3n) is 4.34. The highest BCUT2D eigenvalue weighted by Gasteiger charge is 2.28. The highest BCUT2D eigenvalue weighted by Crippen LogP contribution is 2.21. The predicted octanol–water partition coefficient (Wildman–Crippen LogP) is 0.127. The fourth-order valence-electron chi connectivity index (χ4n) is 3.09. The smallest absolute Gasteiger partial charge is 0.0585 e. The summed E-state index contributed by atoms with van der Waals surface area (Å²) in [6.45, 7) is 6.37. The lowest BCUT2D eigenvalue weighted by Crippen LogP contribution is -2.55.